The van der Waals surface area contributed by atoms with Gasteiger partial charge < -0.3 is 10.4 Å². The van der Waals surface area contributed by atoms with Crippen molar-refractivity contribution in [2.45, 2.75) is 36.6 Å². The molecule has 2 aromatic rings. The Morgan fingerprint density at radius 2 is 1.85 bits per heavy atom. The molecule has 0 radical (unpaired) electrons. The molecule has 3 N–H and O–H groups in total. The first-order chi connectivity index (χ1) is 12.6. The molecule has 0 spiro atoms. The molecule has 0 fully saturated rings. The second-order valence-corrected chi connectivity index (χ2v) is 8.70. The van der Waals surface area contributed by atoms with Crippen LogP contribution in [-0.2, 0) is 31.4 Å². The Morgan fingerprint density at radius 3 is 2.48 bits per heavy atom. The summed E-state index contributed by atoms with van der Waals surface area (Å²) < 4.78 is 27.8. The summed E-state index contributed by atoms with van der Waals surface area (Å²) >= 11 is 0. The Balaban J connectivity index is 1.89. The van der Waals surface area contributed by atoms with Gasteiger partial charge in [0.1, 0.15) is 6.04 Å². The normalized spacial score (nSPS) is 16.4. The van der Waals surface area contributed by atoms with Gasteiger partial charge in [-0.3, -0.25) is 9.59 Å². The van der Waals surface area contributed by atoms with Crippen molar-refractivity contribution >= 4 is 27.6 Å². The maximum Gasteiger partial charge on any atom is 0.322 e. The van der Waals surface area contributed by atoms with E-state index in [9.17, 15) is 23.1 Å². The maximum atomic E-state index is 12.7. The van der Waals surface area contributed by atoms with Crippen LogP contribution < -0.4 is 10.0 Å². The molecule has 27 heavy (non-hydrogen) atoms. The molecule has 2 aromatic carbocycles. The van der Waals surface area contributed by atoms with E-state index in [1.807, 2.05) is 0 Å². The quantitative estimate of drug-likeness (QED) is 0.699. The van der Waals surface area contributed by atoms with Gasteiger partial charge in [-0.15, -0.1) is 0 Å². The number of fused-ring (bicyclic) bond motifs is 1. The lowest BCUT2D eigenvalue weighted by atomic mass is 9.86. The average Bonchev–Trinajstić information content (AvgIpc) is 2.84. The van der Waals surface area contributed by atoms with Crippen LogP contribution in [0.5, 0.6) is 0 Å². The summed E-state index contributed by atoms with van der Waals surface area (Å²) in [6.07, 6.45) is 0.0197. The highest BCUT2D eigenvalue weighted by Crippen LogP contribution is 2.38. The standard InChI is InChI=1S/C19H20N2O5S/c1-19(2)14-11-13(8-9-15(14)20-18(19)24)27(25,26)21-16(17(22)23)10-12-6-4-3-5-7-12/h3-9,11,16,21H,10H2,1-2H3,(H,20,24)(H,22,23). The molecule has 1 amide bonds. The van der Waals surface area contributed by atoms with Crippen LogP contribution in [0.15, 0.2) is 53.4 Å². The van der Waals surface area contributed by atoms with Crippen LogP contribution in [0.4, 0.5) is 5.69 Å². The van der Waals surface area contributed by atoms with E-state index in [-0.39, 0.29) is 17.2 Å². The van der Waals surface area contributed by atoms with E-state index in [0.29, 0.717) is 16.8 Å². The average molecular weight is 388 g/mol. The number of benzene rings is 2. The number of hydrogen-bond donors (Lipinski definition) is 3. The second kappa shape index (κ2) is 6.79. The first-order valence-corrected chi connectivity index (χ1v) is 9.84. The zero-order valence-corrected chi connectivity index (χ0v) is 15.7. The van der Waals surface area contributed by atoms with E-state index >= 15 is 0 Å². The molecular weight excluding hydrogens is 368 g/mol. The number of carboxylic acids is 1. The topological polar surface area (TPSA) is 113 Å². The summed E-state index contributed by atoms with van der Waals surface area (Å²) in [5.74, 6) is -1.48. The van der Waals surface area contributed by atoms with E-state index in [1.54, 1.807) is 44.2 Å². The number of anilines is 1. The van der Waals surface area contributed by atoms with Gasteiger partial charge in [0, 0.05) is 5.69 Å². The molecule has 7 nitrogen and oxygen atoms in total. The molecule has 0 aromatic heterocycles. The number of rotatable bonds is 6. The van der Waals surface area contributed by atoms with Crippen molar-refractivity contribution in [3.63, 3.8) is 0 Å². The molecule has 1 unspecified atom stereocenters. The van der Waals surface area contributed by atoms with Crippen molar-refractivity contribution in [3.8, 4) is 0 Å². The largest absolute Gasteiger partial charge is 0.480 e. The summed E-state index contributed by atoms with van der Waals surface area (Å²) in [5, 5.41) is 12.1. The molecule has 1 heterocycles. The summed E-state index contributed by atoms with van der Waals surface area (Å²) in [5.41, 5.74) is 0.961. The van der Waals surface area contributed by atoms with Crippen molar-refractivity contribution in [1.82, 2.24) is 4.72 Å². The predicted octanol–water partition coefficient (Wildman–Crippen LogP) is 1.89. The molecule has 142 valence electrons. The summed E-state index contributed by atoms with van der Waals surface area (Å²) in [7, 11) is -4.08. The smallest absolute Gasteiger partial charge is 0.322 e. The number of carbonyl (C=O) groups excluding carboxylic acids is 1. The lowest BCUT2D eigenvalue weighted by molar-refractivity contribution is -0.138. The number of aliphatic carboxylic acids is 1. The Labute approximate surface area is 157 Å². The summed E-state index contributed by atoms with van der Waals surface area (Å²) in [4.78, 5) is 23.5. The zero-order valence-electron chi connectivity index (χ0n) is 14.9. The van der Waals surface area contributed by atoms with Gasteiger partial charge in [-0.2, -0.15) is 4.72 Å². The molecule has 1 atom stereocenters. The van der Waals surface area contributed by atoms with Crippen molar-refractivity contribution in [3.05, 3.63) is 59.7 Å². The lowest BCUT2D eigenvalue weighted by Gasteiger charge is -2.18. The molecular formula is C19H20N2O5S. The highest BCUT2D eigenvalue weighted by Gasteiger charge is 2.39. The van der Waals surface area contributed by atoms with Crippen LogP contribution in [-0.4, -0.2) is 31.4 Å². The highest BCUT2D eigenvalue weighted by atomic mass is 32.2. The van der Waals surface area contributed by atoms with E-state index in [4.69, 9.17) is 0 Å². The third kappa shape index (κ3) is 3.72. The Hall–Kier alpha value is -2.71. The molecule has 0 bridgehead atoms. The summed E-state index contributed by atoms with van der Waals surface area (Å²) in [6.45, 7) is 3.40. The Kier molecular flexibility index (Phi) is 4.79. The Morgan fingerprint density at radius 1 is 1.19 bits per heavy atom. The van der Waals surface area contributed by atoms with Crippen molar-refractivity contribution in [2.75, 3.05) is 5.32 Å². The number of carboxylic acid groups (broad SMARTS) is 1. The van der Waals surface area contributed by atoms with Gasteiger partial charge in [-0.1, -0.05) is 30.3 Å². The number of sulfonamides is 1. The third-order valence-corrected chi connectivity index (χ3v) is 6.14. The van der Waals surface area contributed by atoms with Crippen LogP contribution >= 0.6 is 0 Å². The fraction of sp³-hybridized carbons (Fsp3) is 0.263. The number of amides is 1. The molecule has 3 rings (SSSR count). The minimum atomic E-state index is -4.08. The minimum Gasteiger partial charge on any atom is -0.480 e. The van der Waals surface area contributed by atoms with Crippen LogP contribution in [0.3, 0.4) is 0 Å². The van der Waals surface area contributed by atoms with Crippen LogP contribution in [0.2, 0.25) is 0 Å². The van der Waals surface area contributed by atoms with E-state index in [1.165, 1.54) is 18.2 Å². The van der Waals surface area contributed by atoms with Crippen molar-refractivity contribution in [2.24, 2.45) is 0 Å². The zero-order chi connectivity index (χ0) is 19.8. The third-order valence-electron chi connectivity index (χ3n) is 4.67. The van der Waals surface area contributed by atoms with Crippen LogP contribution in [0.1, 0.15) is 25.0 Å². The van der Waals surface area contributed by atoms with Gasteiger partial charge in [-0.25, -0.2) is 8.42 Å². The van der Waals surface area contributed by atoms with Gasteiger partial charge in [0.25, 0.3) is 0 Å². The fourth-order valence-electron chi connectivity index (χ4n) is 3.00. The second-order valence-electron chi connectivity index (χ2n) is 6.99. The van der Waals surface area contributed by atoms with Gasteiger partial charge in [0.2, 0.25) is 15.9 Å². The monoisotopic (exact) mass is 388 g/mol. The van der Waals surface area contributed by atoms with Gasteiger partial charge in [0.15, 0.2) is 0 Å². The highest BCUT2D eigenvalue weighted by molar-refractivity contribution is 7.89. The van der Waals surface area contributed by atoms with Gasteiger partial charge >= 0.3 is 5.97 Å². The molecule has 8 heteroatoms. The predicted molar refractivity (Wildman–Crippen MR) is 100.0 cm³/mol. The molecule has 0 aliphatic carbocycles. The van der Waals surface area contributed by atoms with E-state index in [2.05, 4.69) is 10.0 Å². The number of hydrogen-bond acceptors (Lipinski definition) is 4. The SMILES string of the molecule is CC1(C)C(=O)Nc2ccc(S(=O)(=O)NC(Cc3ccccc3)C(=O)O)cc21. The first-order valence-electron chi connectivity index (χ1n) is 8.36. The van der Waals surface area contributed by atoms with E-state index in [0.717, 1.165) is 0 Å². The molecule has 0 saturated heterocycles. The molecule has 1 aliphatic rings. The lowest BCUT2D eigenvalue weighted by Crippen LogP contribution is -2.42. The van der Waals surface area contributed by atoms with Crippen molar-refractivity contribution in [1.29, 1.82) is 0 Å². The maximum absolute atomic E-state index is 12.7. The minimum absolute atomic E-state index is 0.0197. The van der Waals surface area contributed by atoms with E-state index < -0.39 is 27.4 Å². The number of nitrogens with one attached hydrogen (secondary N) is 2. The summed E-state index contributed by atoms with van der Waals surface area (Å²) in [6, 6.07) is 11.8. The molecule has 1 aliphatic heterocycles. The van der Waals surface area contributed by atoms with Crippen molar-refractivity contribution < 1.29 is 23.1 Å². The number of carbonyl (C=O) groups is 2. The van der Waals surface area contributed by atoms with Crippen LogP contribution in [0.25, 0.3) is 0 Å². The first kappa shape index (κ1) is 19.1. The van der Waals surface area contributed by atoms with Gasteiger partial charge in [-0.05, 0) is 49.6 Å². The fourth-order valence-corrected chi connectivity index (χ4v) is 4.22. The molecule has 0 saturated carbocycles. The van der Waals surface area contributed by atoms with Gasteiger partial charge in [0.05, 0.1) is 10.3 Å². The Bertz CT molecular complexity index is 1000. The van der Waals surface area contributed by atoms with Crippen LogP contribution in [0, 0.1) is 0 Å².